The molecule has 1 amide bonds. The zero-order valence-corrected chi connectivity index (χ0v) is 16.9. The molecule has 3 rings (SSSR count). The van der Waals surface area contributed by atoms with Gasteiger partial charge < -0.3 is 14.4 Å². The fourth-order valence-electron chi connectivity index (χ4n) is 3.32. The molecule has 0 spiro atoms. The molecule has 2 atom stereocenters. The number of unbranched alkanes of at least 4 members (excludes halogenated alkanes) is 1. The summed E-state index contributed by atoms with van der Waals surface area (Å²) in [6.07, 6.45) is 10.3. The van der Waals surface area contributed by atoms with E-state index in [1.54, 1.807) is 19.5 Å². The molecule has 6 nitrogen and oxygen atoms in total. The van der Waals surface area contributed by atoms with E-state index in [1.165, 1.54) is 18.6 Å². The average Bonchev–Trinajstić information content (AvgIpc) is 3.19. The molecule has 0 radical (unpaired) electrons. The molecule has 2 aliphatic heterocycles. The molecule has 2 saturated heterocycles. The molecule has 144 valence electrons. The molecule has 0 aliphatic carbocycles. The van der Waals surface area contributed by atoms with Crippen molar-refractivity contribution in [1.82, 2.24) is 14.9 Å². The predicted octanol–water partition coefficient (Wildman–Crippen LogP) is 3.57. The molecule has 2 aliphatic rings. The number of rotatable bonds is 8. The van der Waals surface area contributed by atoms with E-state index in [2.05, 4.69) is 9.97 Å². The van der Waals surface area contributed by atoms with Gasteiger partial charge in [-0.1, -0.05) is 28.0 Å². The van der Waals surface area contributed by atoms with Crippen LogP contribution in [0.3, 0.4) is 0 Å². The number of amides is 1. The van der Waals surface area contributed by atoms with Crippen molar-refractivity contribution in [2.45, 2.75) is 56.3 Å². The third-order valence-electron chi connectivity index (χ3n) is 4.73. The molecule has 1 aromatic heterocycles. The van der Waals surface area contributed by atoms with Crippen molar-refractivity contribution in [2.24, 2.45) is 0 Å². The van der Waals surface area contributed by atoms with E-state index in [-0.39, 0.29) is 12.0 Å². The third-order valence-corrected chi connectivity index (χ3v) is 7.74. The zero-order valence-electron chi connectivity index (χ0n) is 15.3. The van der Waals surface area contributed by atoms with Crippen molar-refractivity contribution < 1.29 is 14.3 Å². The van der Waals surface area contributed by atoms with Crippen LogP contribution >= 0.6 is 21.6 Å². The van der Waals surface area contributed by atoms with E-state index in [0.717, 1.165) is 37.5 Å². The van der Waals surface area contributed by atoms with E-state index < -0.39 is 0 Å². The quantitative estimate of drug-likeness (QED) is 0.491. The average molecular weight is 398 g/mol. The van der Waals surface area contributed by atoms with Crippen molar-refractivity contribution in [2.75, 3.05) is 26.0 Å². The van der Waals surface area contributed by atoms with E-state index in [1.807, 2.05) is 26.5 Å². The van der Waals surface area contributed by atoms with Gasteiger partial charge in [0.1, 0.15) is 6.10 Å². The van der Waals surface area contributed by atoms with Gasteiger partial charge in [-0.3, -0.25) is 4.79 Å². The molecule has 0 bridgehead atoms. The van der Waals surface area contributed by atoms with Crippen molar-refractivity contribution >= 4 is 27.5 Å². The summed E-state index contributed by atoms with van der Waals surface area (Å²) in [4.78, 5) is 22.8. The minimum Gasteiger partial charge on any atom is -0.477 e. The topological polar surface area (TPSA) is 64.6 Å². The number of ether oxygens (including phenoxy) is 2. The highest BCUT2D eigenvalue weighted by Crippen LogP contribution is 2.39. The first-order valence-electron chi connectivity index (χ1n) is 9.34. The summed E-state index contributed by atoms with van der Waals surface area (Å²) >= 11 is 0. The maximum atomic E-state index is 12.5. The van der Waals surface area contributed by atoms with Gasteiger partial charge in [-0.15, -0.1) is 0 Å². The SMILES string of the molecule is COc1nccnc1OC1CCCN(C(=O)CCCCC2CCSS2)C1. The Morgan fingerprint density at radius 1 is 1.27 bits per heavy atom. The Hall–Kier alpha value is -1.15. The Kier molecular flexibility index (Phi) is 7.73. The highest BCUT2D eigenvalue weighted by atomic mass is 33.1. The van der Waals surface area contributed by atoms with Gasteiger partial charge in [0.2, 0.25) is 5.91 Å². The van der Waals surface area contributed by atoms with Crippen LogP contribution in [-0.2, 0) is 4.79 Å². The smallest absolute Gasteiger partial charge is 0.278 e. The van der Waals surface area contributed by atoms with Gasteiger partial charge in [0.05, 0.1) is 13.7 Å². The molecule has 0 N–H and O–H groups in total. The number of carbonyl (C=O) groups is 1. The molecule has 8 heteroatoms. The summed E-state index contributed by atoms with van der Waals surface area (Å²) in [5.74, 6) is 2.32. The van der Waals surface area contributed by atoms with Crippen molar-refractivity contribution in [3.05, 3.63) is 12.4 Å². The fraction of sp³-hybridized carbons (Fsp3) is 0.722. The van der Waals surface area contributed by atoms with Gasteiger partial charge in [0.15, 0.2) is 0 Å². The molecule has 2 unspecified atom stereocenters. The first-order chi connectivity index (χ1) is 12.8. The summed E-state index contributed by atoms with van der Waals surface area (Å²) in [5.41, 5.74) is 0. The second-order valence-corrected chi connectivity index (χ2v) is 9.45. The van der Waals surface area contributed by atoms with Gasteiger partial charge in [-0.25, -0.2) is 9.97 Å². The maximum Gasteiger partial charge on any atom is 0.278 e. The summed E-state index contributed by atoms with van der Waals surface area (Å²) in [5, 5.41) is 0.796. The Balaban J connectivity index is 1.41. The first-order valence-corrected chi connectivity index (χ1v) is 11.7. The van der Waals surface area contributed by atoms with Crippen LogP contribution in [0.2, 0.25) is 0 Å². The van der Waals surface area contributed by atoms with Crippen LogP contribution in [0.15, 0.2) is 12.4 Å². The summed E-state index contributed by atoms with van der Waals surface area (Å²) in [6, 6.07) is 0. The van der Waals surface area contributed by atoms with Crippen LogP contribution in [0.25, 0.3) is 0 Å². The molecule has 1 aromatic rings. The molecule has 0 aromatic carbocycles. The minimum atomic E-state index is -0.0507. The second kappa shape index (κ2) is 10.3. The highest BCUT2D eigenvalue weighted by Gasteiger charge is 2.26. The number of piperidine rings is 1. The standard InChI is InChI=1S/C18H27N3O3S2/c1-23-17-18(20-10-9-19-17)24-14-5-4-11-21(13-14)16(22)7-3-2-6-15-8-12-25-26-15/h9-10,14-15H,2-8,11-13H2,1H3. The van der Waals surface area contributed by atoms with Crippen LogP contribution in [-0.4, -0.2) is 58.1 Å². The van der Waals surface area contributed by atoms with Crippen LogP contribution in [0.5, 0.6) is 11.8 Å². The molecule has 26 heavy (non-hydrogen) atoms. The number of hydrogen-bond acceptors (Lipinski definition) is 7. The Labute approximate surface area is 163 Å². The Bertz CT molecular complexity index is 585. The Morgan fingerprint density at radius 2 is 2.12 bits per heavy atom. The number of hydrogen-bond donors (Lipinski definition) is 0. The van der Waals surface area contributed by atoms with Gasteiger partial charge in [0.25, 0.3) is 11.8 Å². The lowest BCUT2D eigenvalue weighted by Crippen LogP contribution is -2.44. The number of aromatic nitrogens is 2. The van der Waals surface area contributed by atoms with Crippen molar-refractivity contribution in [1.29, 1.82) is 0 Å². The Morgan fingerprint density at radius 3 is 2.88 bits per heavy atom. The van der Waals surface area contributed by atoms with Crippen LogP contribution in [0.1, 0.15) is 44.9 Å². The molecular weight excluding hydrogens is 370 g/mol. The summed E-state index contributed by atoms with van der Waals surface area (Å²) in [6.45, 7) is 1.44. The van der Waals surface area contributed by atoms with Crippen molar-refractivity contribution in [3.63, 3.8) is 0 Å². The van der Waals surface area contributed by atoms with Crippen LogP contribution in [0.4, 0.5) is 0 Å². The van der Waals surface area contributed by atoms with Crippen molar-refractivity contribution in [3.8, 4) is 11.8 Å². The molecule has 2 fully saturated rings. The third kappa shape index (κ3) is 5.67. The molecule has 0 saturated carbocycles. The van der Waals surface area contributed by atoms with Gasteiger partial charge in [-0.05, 0) is 32.1 Å². The van der Waals surface area contributed by atoms with E-state index in [4.69, 9.17) is 9.47 Å². The second-order valence-electron chi connectivity index (χ2n) is 6.67. The maximum absolute atomic E-state index is 12.5. The first kappa shape index (κ1) is 19.6. The zero-order chi connectivity index (χ0) is 18.2. The molecule has 3 heterocycles. The summed E-state index contributed by atoms with van der Waals surface area (Å²) in [7, 11) is 5.55. The number of likely N-dealkylation sites (tertiary alicyclic amines) is 1. The largest absolute Gasteiger partial charge is 0.477 e. The predicted molar refractivity (Wildman–Crippen MR) is 106 cm³/mol. The fourth-order valence-corrected chi connectivity index (χ4v) is 6.35. The lowest BCUT2D eigenvalue weighted by Gasteiger charge is -2.32. The van der Waals surface area contributed by atoms with Crippen LogP contribution < -0.4 is 9.47 Å². The number of methoxy groups -OCH3 is 1. The lowest BCUT2D eigenvalue weighted by molar-refractivity contribution is -0.134. The monoisotopic (exact) mass is 397 g/mol. The normalized spacial score (nSPS) is 23.0. The number of nitrogens with zero attached hydrogens (tertiary/aromatic N) is 3. The highest BCUT2D eigenvalue weighted by molar-refractivity contribution is 8.77. The van der Waals surface area contributed by atoms with E-state index in [9.17, 15) is 4.79 Å². The lowest BCUT2D eigenvalue weighted by atomic mass is 10.1. The minimum absolute atomic E-state index is 0.0507. The van der Waals surface area contributed by atoms with E-state index >= 15 is 0 Å². The van der Waals surface area contributed by atoms with Gasteiger partial charge in [-0.2, -0.15) is 0 Å². The molecular formula is C18H27N3O3S2. The van der Waals surface area contributed by atoms with E-state index in [0.29, 0.717) is 24.7 Å². The van der Waals surface area contributed by atoms with Crippen LogP contribution in [0, 0.1) is 0 Å². The number of carbonyl (C=O) groups excluding carboxylic acids is 1. The van der Waals surface area contributed by atoms with Gasteiger partial charge >= 0.3 is 0 Å². The van der Waals surface area contributed by atoms with Gasteiger partial charge in [0, 0.05) is 36.4 Å². The summed E-state index contributed by atoms with van der Waals surface area (Å²) < 4.78 is 11.1.